The average Bonchev–Trinajstić information content (AvgIpc) is 3.20. The fraction of sp³-hybridized carbons (Fsp3) is 0.556. The largest absolute Gasteiger partial charge is 0.357 e. The van der Waals surface area contributed by atoms with Gasteiger partial charge in [-0.1, -0.05) is 12.1 Å². The number of aromatic nitrogens is 2. The third-order valence-corrected chi connectivity index (χ3v) is 5.68. The molecular weight excluding hydrogens is 318 g/mol. The molecule has 2 N–H and O–H groups in total. The zero-order chi connectivity index (χ0) is 16.8. The highest BCUT2D eigenvalue weighted by atomic mass is 32.2. The fourth-order valence-corrected chi connectivity index (χ4v) is 4.27. The number of aliphatic imine (C=N–C) groups is 1. The Morgan fingerprint density at radius 2 is 2.25 bits per heavy atom. The lowest BCUT2D eigenvalue weighted by Crippen LogP contribution is -2.39. The summed E-state index contributed by atoms with van der Waals surface area (Å²) in [5, 5.41) is 7.49. The van der Waals surface area contributed by atoms with E-state index in [2.05, 4.69) is 64.0 Å². The summed E-state index contributed by atoms with van der Waals surface area (Å²) < 4.78 is 2.26. The van der Waals surface area contributed by atoms with E-state index in [4.69, 9.17) is 4.99 Å². The second kappa shape index (κ2) is 8.42. The summed E-state index contributed by atoms with van der Waals surface area (Å²) in [6.45, 7) is 7.69. The van der Waals surface area contributed by atoms with Crippen molar-refractivity contribution in [1.29, 1.82) is 0 Å². The van der Waals surface area contributed by atoms with Gasteiger partial charge in [-0.25, -0.2) is 4.98 Å². The molecule has 5 nitrogen and oxygen atoms in total. The van der Waals surface area contributed by atoms with Crippen molar-refractivity contribution in [2.24, 2.45) is 4.99 Å². The van der Waals surface area contributed by atoms with Gasteiger partial charge in [0.05, 0.1) is 17.6 Å². The summed E-state index contributed by atoms with van der Waals surface area (Å²) in [5.74, 6) is 3.27. The Labute approximate surface area is 148 Å². The van der Waals surface area contributed by atoms with Crippen LogP contribution in [0.5, 0.6) is 0 Å². The van der Waals surface area contributed by atoms with Crippen molar-refractivity contribution in [2.75, 3.05) is 25.4 Å². The molecule has 2 aromatic rings. The maximum absolute atomic E-state index is 4.75. The van der Waals surface area contributed by atoms with Crippen molar-refractivity contribution in [2.45, 2.75) is 38.5 Å². The van der Waals surface area contributed by atoms with Crippen molar-refractivity contribution < 1.29 is 0 Å². The van der Waals surface area contributed by atoms with Crippen LogP contribution < -0.4 is 10.6 Å². The Balaban J connectivity index is 1.57. The lowest BCUT2D eigenvalue weighted by molar-refractivity contribution is 0.659. The number of guanidine groups is 1. The van der Waals surface area contributed by atoms with Gasteiger partial charge in [-0.15, -0.1) is 0 Å². The third-order valence-electron chi connectivity index (χ3n) is 4.29. The number of para-hydroxylation sites is 2. The Kier molecular flexibility index (Phi) is 6.01. The molecule has 0 saturated carbocycles. The first kappa shape index (κ1) is 17.1. The number of aryl methyl sites for hydroxylation is 1. The molecule has 1 aromatic heterocycles. The molecule has 1 aromatic carbocycles. The monoisotopic (exact) mass is 345 g/mol. The van der Waals surface area contributed by atoms with Crippen molar-refractivity contribution in [3.8, 4) is 0 Å². The number of thioether (sulfide) groups is 1. The summed E-state index contributed by atoms with van der Waals surface area (Å²) in [6.07, 6.45) is 2.63. The van der Waals surface area contributed by atoms with E-state index in [1.165, 1.54) is 24.1 Å². The zero-order valence-corrected chi connectivity index (χ0v) is 15.4. The quantitative estimate of drug-likeness (QED) is 0.624. The molecule has 0 spiro atoms. The van der Waals surface area contributed by atoms with Gasteiger partial charge in [-0.2, -0.15) is 11.8 Å². The topological polar surface area (TPSA) is 54.2 Å². The van der Waals surface area contributed by atoms with E-state index in [0.29, 0.717) is 5.25 Å². The summed E-state index contributed by atoms with van der Waals surface area (Å²) in [7, 11) is 0. The van der Waals surface area contributed by atoms with Gasteiger partial charge in [0.25, 0.3) is 0 Å². The predicted molar refractivity (Wildman–Crippen MR) is 104 cm³/mol. The number of nitrogens with zero attached hydrogens (tertiary/aromatic N) is 3. The first-order valence-corrected chi connectivity index (χ1v) is 9.88. The van der Waals surface area contributed by atoms with Crippen molar-refractivity contribution >= 4 is 28.8 Å². The number of hydrogen-bond donors (Lipinski definition) is 2. The molecule has 6 heteroatoms. The van der Waals surface area contributed by atoms with Crippen LogP contribution in [0.15, 0.2) is 29.3 Å². The second-order valence-electron chi connectivity index (χ2n) is 6.08. The Hall–Kier alpha value is -1.69. The fourth-order valence-electron chi connectivity index (χ4n) is 3.09. The van der Waals surface area contributed by atoms with Gasteiger partial charge in [0, 0.05) is 24.9 Å². The second-order valence-corrected chi connectivity index (χ2v) is 7.49. The lowest BCUT2D eigenvalue weighted by atomic mass is 10.2. The minimum Gasteiger partial charge on any atom is -0.357 e. The summed E-state index contributed by atoms with van der Waals surface area (Å²) in [4.78, 5) is 9.37. The van der Waals surface area contributed by atoms with Crippen LogP contribution in [0, 0.1) is 6.92 Å². The molecule has 2 heterocycles. The molecule has 1 aliphatic heterocycles. The number of nitrogens with one attached hydrogen (secondary N) is 2. The number of hydrogen-bond acceptors (Lipinski definition) is 3. The Morgan fingerprint density at radius 1 is 1.38 bits per heavy atom. The molecule has 1 aliphatic rings. The Morgan fingerprint density at radius 3 is 3.04 bits per heavy atom. The van der Waals surface area contributed by atoms with Crippen molar-refractivity contribution in [3.63, 3.8) is 0 Å². The van der Waals surface area contributed by atoms with Gasteiger partial charge in [0.1, 0.15) is 5.82 Å². The van der Waals surface area contributed by atoms with E-state index >= 15 is 0 Å². The van der Waals surface area contributed by atoms with Crippen LogP contribution in [0.3, 0.4) is 0 Å². The van der Waals surface area contributed by atoms with Crippen LogP contribution in [-0.4, -0.2) is 46.1 Å². The number of imidazole rings is 1. The first-order valence-electron chi connectivity index (χ1n) is 8.83. The van der Waals surface area contributed by atoms with Crippen molar-refractivity contribution in [3.05, 3.63) is 30.1 Å². The van der Waals surface area contributed by atoms with Crippen LogP contribution in [0.25, 0.3) is 11.0 Å². The SMILES string of the molecule is CCNC(=NCC1CCCS1)NCCn1c(C)nc2ccccc21. The van der Waals surface area contributed by atoms with E-state index in [9.17, 15) is 0 Å². The molecular formula is C18H27N5S. The van der Waals surface area contributed by atoms with Crippen LogP contribution in [0.2, 0.25) is 0 Å². The maximum Gasteiger partial charge on any atom is 0.191 e. The van der Waals surface area contributed by atoms with E-state index in [0.717, 1.165) is 43.5 Å². The van der Waals surface area contributed by atoms with E-state index in [1.54, 1.807) is 0 Å². The van der Waals surface area contributed by atoms with Gasteiger partial charge in [0.2, 0.25) is 0 Å². The highest BCUT2D eigenvalue weighted by Gasteiger charge is 2.15. The third kappa shape index (κ3) is 4.23. The summed E-state index contributed by atoms with van der Waals surface area (Å²) >= 11 is 2.05. The Bertz CT molecular complexity index is 688. The zero-order valence-electron chi connectivity index (χ0n) is 14.6. The number of rotatable bonds is 6. The maximum atomic E-state index is 4.75. The van der Waals surface area contributed by atoms with Gasteiger partial charge in [-0.3, -0.25) is 4.99 Å². The van der Waals surface area contributed by atoms with Crippen LogP contribution in [0.4, 0.5) is 0 Å². The standard InChI is InChI=1S/C18H27N5S/c1-3-19-18(21-13-15-7-6-12-24-15)20-10-11-23-14(2)22-16-8-4-5-9-17(16)23/h4-5,8-9,15H,3,6-7,10-13H2,1-2H3,(H2,19,20,21). The summed E-state index contributed by atoms with van der Waals surface area (Å²) in [5.41, 5.74) is 2.26. The van der Waals surface area contributed by atoms with E-state index in [1.807, 2.05) is 6.07 Å². The molecule has 130 valence electrons. The molecule has 1 fully saturated rings. The van der Waals surface area contributed by atoms with Crippen LogP contribution >= 0.6 is 11.8 Å². The molecule has 24 heavy (non-hydrogen) atoms. The minimum atomic E-state index is 0.695. The molecule has 0 bridgehead atoms. The molecule has 0 radical (unpaired) electrons. The number of benzene rings is 1. The van der Waals surface area contributed by atoms with Gasteiger partial charge >= 0.3 is 0 Å². The minimum absolute atomic E-state index is 0.695. The summed E-state index contributed by atoms with van der Waals surface area (Å²) in [6, 6.07) is 8.30. The highest BCUT2D eigenvalue weighted by Crippen LogP contribution is 2.26. The van der Waals surface area contributed by atoms with E-state index in [-0.39, 0.29) is 0 Å². The number of fused-ring (bicyclic) bond motifs is 1. The normalized spacial score (nSPS) is 18.2. The highest BCUT2D eigenvalue weighted by molar-refractivity contribution is 8.00. The van der Waals surface area contributed by atoms with Crippen LogP contribution in [0.1, 0.15) is 25.6 Å². The molecule has 1 unspecified atom stereocenters. The molecule has 3 rings (SSSR count). The van der Waals surface area contributed by atoms with Crippen LogP contribution in [-0.2, 0) is 6.54 Å². The predicted octanol–water partition coefficient (Wildman–Crippen LogP) is 2.80. The lowest BCUT2D eigenvalue weighted by Gasteiger charge is -2.14. The molecule has 0 amide bonds. The smallest absolute Gasteiger partial charge is 0.191 e. The molecule has 1 saturated heterocycles. The van der Waals surface area contributed by atoms with Gasteiger partial charge < -0.3 is 15.2 Å². The average molecular weight is 346 g/mol. The first-order chi connectivity index (χ1) is 11.8. The van der Waals surface area contributed by atoms with Gasteiger partial charge in [0.15, 0.2) is 5.96 Å². The van der Waals surface area contributed by atoms with Crippen molar-refractivity contribution in [1.82, 2.24) is 20.2 Å². The van der Waals surface area contributed by atoms with E-state index < -0.39 is 0 Å². The molecule has 0 aliphatic carbocycles. The molecule has 1 atom stereocenters. The van der Waals surface area contributed by atoms with Gasteiger partial charge in [-0.05, 0) is 44.6 Å².